The quantitative estimate of drug-likeness (QED) is 0.658. The number of hydrogen-bond donors (Lipinski definition) is 0. The van der Waals surface area contributed by atoms with Gasteiger partial charge in [0.2, 0.25) is 5.91 Å². The maximum atomic E-state index is 12.1. The van der Waals surface area contributed by atoms with Crippen molar-refractivity contribution in [3.63, 3.8) is 0 Å². The highest BCUT2D eigenvalue weighted by atomic mass is 35.5. The first kappa shape index (κ1) is 13.2. The van der Waals surface area contributed by atoms with Crippen molar-refractivity contribution >= 4 is 52.6 Å². The van der Waals surface area contributed by atoms with E-state index in [4.69, 9.17) is 23.2 Å². The summed E-state index contributed by atoms with van der Waals surface area (Å²) in [6.45, 7) is 1.53. The smallest absolute Gasteiger partial charge is 0.228 e. The highest BCUT2D eigenvalue weighted by Crippen LogP contribution is 2.38. The molecule has 100 valence electrons. The molecule has 20 heavy (non-hydrogen) atoms. The van der Waals surface area contributed by atoms with Crippen LogP contribution in [-0.4, -0.2) is 5.91 Å². The average molecular weight is 304 g/mol. The van der Waals surface area contributed by atoms with Gasteiger partial charge >= 0.3 is 0 Å². The topological polar surface area (TPSA) is 20.3 Å². The normalized spacial score (nSPS) is 12.7. The van der Waals surface area contributed by atoms with Gasteiger partial charge in [-0.15, -0.1) is 0 Å². The number of hydrogen-bond acceptors (Lipinski definition) is 1. The number of fused-ring (bicyclic) bond motifs is 2. The van der Waals surface area contributed by atoms with Crippen LogP contribution in [-0.2, 0) is 4.79 Å². The number of nitrogens with zero attached hydrogens (tertiary/aromatic N) is 1. The van der Waals surface area contributed by atoms with E-state index in [2.05, 4.69) is 0 Å². The number of rotatable bonds is 0. The van der Waals surface area contributed by atoms with Crippen molar-refractivity contribution in [1.29, 1.82) is 0 Å². The summed E-state index contributed by atoms with van der Waals surface area (Å²) >= 11 is 12.1. The zero-order valence-electron chi connectivity index (χ0n) is 10.7. The van der Waals surface area contributed by atoms with Crippen LogP contribution in [0.2, 0.25) is 10.0 Å². The molecule has 0 saturated carbocycles. The predicted molar refractivity (Wildman–Crippen MR) is 84.7 cm³/mol. The van der Waals surface area contributed by atoms with Gasteiger partial charge in [-0.2, -0.15) is 0 Å². The van der Waals surface area contributed by atoms with Gasteiger partial charge in [-0.05, 0) is 35.4 Å². The second kappa shape index (κ2) is 4.97. The van der Waals surface area contributed by atoms with Crippen molar-refractivity contribution in [3.8, 4) is 0 Å². The number of anilines is 2. The third-order valence-electron chi connectivity index (χ3n) is 3.22. The summed E-state index contributed by atoms with van der Waals surface area (Å²) in [6, 6.07) is 11.0. The van der Waals surface area contributed by atoms with E-state index >= 15 is 0 Å². The maximum absolute atomic E-state index is 12.1. The Hall–Kier alpha value is -1.77. The first-order valence-corrected chi connectivity index (χ1v) is 6.90. The third-order valence-corrected chi connectivity index (χ3v) is 3.69. The van der Waals surface area contributed by atoms with E-state index in [0.717, 1.165) is 22.5 Å². The van der Waals surface area contributed by atoms with Gasteiger partial charge in [0.15, 0.2) is 0 Å². The number of carbonyl (C=O) groups excluding carboxylic acids is 1. The second-order valence-electron chi connectivity index (χ2n) is 4.59. The SMILES string of the molecule is CC(=O)N1c2cc(Cl)ccc2C=Cc2ccc(Cl)cc21. The molecule has 0 atom stereocenters. The Morgan fingerprint density at radius 2 is 1.35 bits per heavy atom. The maximum Gasteiger partial charge on any atom is 0.228 e. The molecule has 3 rings (SSSR count). The first-order valence-electron chi connectivity index (χ1n) is 6.14. The first-order chi connectivity index (χ1) is 9.56. The standard InChI is InChI=1S/C16H11Cl2NO/c1-10(20)19-15-8-13(17)6-4-11(15)2-3-12-5-7-14(18)9-16(12)19/h2-9H,1H3. The van der Waals surface area contributed by atoms with Crippen LogP contribution in [0.5, 0.6) is 0 Å². The minimum Gasteiger partial charge on any atom is -0.280 e. The average Bonchev–Trinajstić information content (AvgIpc) is 2.54. The molecular weight excluding hydrogens is 293 g/mol. The predicted octanol–water partition coefficient (Wildman–Crippen LogP) is 5.16. The zero-order valence-corrected chi connectivity index (χ0v) is 12.2. The van der Waals surface area contributed by atoms with E-state index in [0.29, 0.717) is 10.0 Å². The summed E-state index contributed by atoms with van der Waals surface area (Å²) in [4.78, 5) is 13.8. The van der Waals surface area contributed by atoms with E-state index in [1.165, 1.54) is 6.92 Å². The van der Waals surface area contributed by atoms with Gasteiger partial charge in [0.05, 0.1) is 11.4 Å². The lowest BCUT2D eigenvalue weighted by molar-refractivity contribution is -0.115. The van der Waals surface area contributed by atoms with Crippen molar-refractivity contribution in [2.75, 3.05) is 4.90 Å². The Labute approximate surface area is 127 Å². The van der Waals surface area contributed by atoms with Crippen LogP contribution in [0.1, 0.15) is 18.1 Å². The molecule has 0 spiro atoms. The minimum absolute atomic E-state index is 0.0827. The summed E-state index contributed by atoms with van der Waals surface area (Å²) < 4.78 is 0. The highest BCUT2D eigenvalue weighted by molar-refractivity contribution is 6.31. The van der Waals surface area contributed by atoms with Gasteiger partial charge in [-0.25, -0.2) is 0 Å². The molecule has 2 aromatic carbocycles. The molecule has 4 heteroatoms. The molecule has 1 heterocycles. The molecule has 0 saturated heterocycles. The van der Waals surface area contributed by atoms with E-state index < -0.39 is 0 Å². The fraction of sp³-hybridized carbons (Fsp3) is 0.0625. The molecule has 2 nitrogen and oxygen atoms in total. The summed E-state index contributed by atoms with van der Waals surface area (Å²) in [6.07, 6.45) is 3.95. The molecular formula is C16H11Cl2NO. The third kappa shape index (κ3) is 2.21. The summed E-state index contributed by atoms with van der Waals surface area (Å²) in [5, 5.41) is 1.18. The van der Waals surface area contributed by atoms with Crippen LogP contribution in [0.3, 0.4) is 0 Å². The second-order valence-corrected chi connectivity index (χ2v) is 5.47. The molecule has 0 bridgehead atoms. The van der Waals surface area contributed by atoms with Gasteiger partial charge in [-0.3, -0.25) is 9.69 Å². The highest BCUT2D eigenvalue weighted by Gasteiger charge is 2.21. The van der Waals surface area contributed by atoms with Crippen LogP contribution in [0, 0.1) is 0 Å². The van der Waals surface area contributed by atoms with Crippen LogP contribution >= 0.6 is 23.2 Å². The van der Waals surface area contributed by atoms with Crippen LogP contribution in [0.4, 0.5) is 11.4 Å². The fourth-order valence-electron chi connectivity index (χ4n) is 2.35. The van der Waals surface area contributed by atoms with Crippen molar-refractivity contribution in [2.45, 2.75) is 6.92 Å². The summed E-state index contributed by atoms with van der Waals surface area (Å²) in [5.41, 5.74) is 3.42. The van der Waals surface area contributed by atoms with E-state index in [9.17, 15) is 4.79 Å². The molecule has 1 aliphatic heterocycles. The van der Waals surface area contributed by atoms with Crippen molar-refractivity contribution in [3.05, 3.63) is 57.6 Å². The van der Waals surface area contributed by atoms with Crippen LogP contribution in [0.25, 0.3) is 12.2 Å². The molecule has 0 fully saturated rings. The molecule has 0 radical (unpaired) electrons. The fourth-order valence-corrected chi connectivity index (χ4v) is 2.68. The van der Waals surface area contributed by atoms with Gasteiger partial charge in [0.1, 0.15) is 0 Å². The number of amides is 1. The molecule has 1 aliphatic rings. The molecule has 0 N–H and O–H groups in total. The lowest BCUT2D eigenvalue weighted by atomic mass is 10.1. The Kier molecular flexibility index (Phi) is 3.28. The molecule has 1 amide bonds. The van der Waals surface area contributed by atoms with Crippen molar-refractivity contribution in [1.82, 2.24) is 0 Å². The number of halogens is 2. The van der Waals surface area contributed by atoms with Crippen LogP contribution in [0.15, 0.2) is 36.4 Å². The lowest BCUT2D eigenvalue weighted by Gasteiger charge is -2.23. The molecule has 0 aromatic heterocycles. The van der Waals surface area contributed by atoms with Gasteiger partial charge in [-0.1, -0.05) is 47.5 Å². The largest absolute Gasteiger partial charge is 0.280 e. The monoisotopic (exact) mass is 303 g/mol. The minimum atomic E-state index is -0.0827. The van der Waals surface area contributed by atoms with E-state index in [-0.39, 0.29) is 5.91 Å². The molecule has 2 aromatic rings. The van der Waals surface area contributed by atoms with Gasteiger partial charge < -0.3 is 0 Å². The summed E-state index contributed by atoms with van der Waals surface area (Å²) in [7, 11) is 0. The van der Waals surface area contributed by atoms with Crippen LogP contribution < -0.4 is 4.90 Å². The van der Waals surface area contributed by atoms with Gasteiger partial charge in [0.25, 0.3) is 0 Å². The Bertz CT molecular complexity index is 682. The Morgan fingerprint density at radius 3 is 1.75 bits per heavy atom. The summed E-state index contributed by atoms with van der Waals surface area (Å²) in [5.74, 6) is -0.0827. The van der Waals surface area contributed by atoms with Gasteiger partial charge in [0, 0.05) is 17.0 Å². The van der Waals surface area contributed by atoms with E-state index in [1.807, 2.05) is 36.4 Å². The van der Waals surface area contributed by atoms with E-state index in [1.54, 1.807) is 17.0 Å². The lowest BCUT2D eigenvalue weighted by Crippen LogP contribution is -2.23. The number of carbonyl (C=O) groups is 1. The molecule has 0 aliphatic carbocycles. The Balaban J connectivity index is 2.32. The van der Waals surface area contributed by atoms with Crippen molar-refractivity contribution in [2.24, 2.45) is 0 Å². The molecule has 0 unspecified atom stereocenters. The zero-order chi connectivity index (χ0) is 14.3. The van der Waals surface area contributed by atoms with Crippen molar-refractivity contribution < 1.29 is 4.79 Å². The number of benzene rings is 2. The Morgan fingerprint density at radius 1 is 0.900 bits per heavy atom.